The number of anilines is 2. The zero-order valence-electron chi connectivity index (χ0n) is 20.6. The van der Waals surface area contributed by atoms with Crippen LogP contribution >= 0.6 is 0 Å². The van der Waals surface area contributed by atoms with Gasteiger partial charge in [-0.1, -0.05) is 0 Å². The Bertz CT molecular complexity index is 1310. The Morgan fingerprint density at radius 3 is 2.40 bits per heavy atom. The number of nitrogens with zero attached hydrogens (tertiary/aromatic N) is 2. The Labute approximate surface area is 206 Å². The van der Waals surface area contributed by atoms with E-state index in [9.17, 15) is 18.3 Å². The molecule has 3 saturated carbocycles. The number of benzene rings is 1. The maximum Gasteiger partial charge on any atom is 0.241 e. The molecular weight excluding hydrogens is 464 g/mol. The van der Waals surface area contributed by atoms with E-state index in [-0.39, 0.29) is 27.7 Å². The number of aromatic nitrogens is 1. The van der Waals surface area contributed by atoms with E-state index >= 15 is 0 Å². The third-order valence-electron chi connectivity index (χ3n) is 8.66. The molecule has 188 valence electrons. The molecule has 35 heavy (non-hydrogen) atoms. The van der Waals surface area contributed by atoms with Crippen molar-refractivity contribution in [1.29, 1.82) is 0 Å². The normalized spacial score (nSPS) is 27.4. The molecule has 2 heterocycles. The second kappa shape index (κ2) is 7.40. The van der Waals surface area contributed by atoms with Crippen LogP contribution in [0.3, 0.4) is 0 Å². The average Bonchev–Trinajstić information content (AvgIpc) is 3.69. The quantitative estimate of drug-likeness (QED) is 0.540. The molecule has 1 amide bonds. The summed E-state index contributed by atoms with van der Waals surface area (Å²) >= 11 is 0. The van der Waals surface area contributed by atoms with E-state index in [1.807, 2.05) is 26.8 Å². The molecule has 0 unspecified atom stereocenters. The highest BCUT2D eigenvalue weighted by Gasteiger charge is 2.74. The van der Waals surface area contributed by atoms with Gasteiger partial charge < -0.3 is 15.3 Å². The fourth-order valence-corrected chi connectivity index (χ4v) is 6.99. The number of hydrogen-bond acceptors (Lipinski definition) is 6. The molecule has 0 radical (unpaired) electrons. The van der Waals surface area contributed by atoms with Crippen molar-refractivity contribution in [2.45, 2.75) is 75.3 Å². The number of sulfonamides is 1. The minimum absolute atomic E-state index is 0.0235. The summed E-state index contributed by atoms with van der Waals surface area (Å²) in [6, 6.07) is 7.10. The predicted molar refractivity (Wildman–Crippen MR) is 135 cm³/mol. The molecule has 1 aliphatic heterocycles. The number of fused-ring (bicyclic) bond motifs is 2. The molecule has 9 heteroatoms. The zero-order chi connectivity index (χ0) is 24.8. The molecule has 0 spiro atoms. The van der Waals surface area contributed by atoms with Crippen LogP contribution in [0.4, 0.5) is 11.5 Å². The number of hydrogen-bond donors (Lipinski definition) is 3. The van der Waals surface area contributed by atoms with Crippen LogP contribution in [0.5, 0.6) is 0 Å². The van der Waals surface area contributed by atoms with E-state index in [1.165, 1.54) is 0 Å². The first-order valence-corrected chi connectivity index (χ1v) is 14.1. The summed E-state index contributed by atoms with van der Waals surface area (Å²) in [4.78, 5) is 19.7. The van der Waals surface area contributed by atoms with E-state index in [0.29, 0.717) is 17.3 Å². The van der Waals surface area contributed by atoms with Gasteiger partial charge in [0.05, 0.1) is 21.4 Å². The van der Waals surface area contributed by atoms with Gasteiger partial charge in [0.15, 0.2) is 0 Å². The highest BCUT2D eigenvalue weighted by Crippen LogP contribution is 2.75. The largest absolute Gasteiger partial charge is 0.390 e. The molecule has 6 rings (SSSR count). The van der Waals surface area contributed by atoms with Crippen LogP contribution in [-0.4, -0.2) is 48.6 Å². The smallest absolute Gasteiger partial charge is 0.241 e. The fraction of sp³-hybridized carbons (Fsp3) is 0.615. The molecule has 0 atom stereocenters. The van der Waals surface area contributed by atoms with Crippen molar-refractivity contribution in [3.8, 4) is 0 Å². The molecule has 1 aromatic carbocycles. The van der Waals surface area contributed by atoms with Crippen LogP contribution in [0.2, 0.25) is 0 Å². The topological polar surface area (TPSA) is 112 Å². The maximum absolute atomic E-state index is 13.3. The summed E-state index contributed by atoms with van der Waals surface area (Å²) in [5.41, 5.74) is 0.0891. The highest BCUT2D eigenvalue weighted by molar-refractivity contribution is 7.89. The Kier molecular flexibility index (Phi) is 4.90. The minimum atomic E-state index is -3.73. The highest BCUT2D eigenvalue weighted by atomic mass is 32.2. The average molecular weight is 499 g/mol. The van der Waals surface area contributed by atoms with Gasteiger partial charge >= 0.3 is 0 Å². The molecule has 4 aliphatic rings. The lowest BCUT2D eigenvalue weighted by molar-refractivity contribution is -0.119. The second-order valence-electron chi connectivity index (χ2n) is 12.0. The van der Waals surface area contributed by atoms with Gasteiger partial charge in [-0.2, -0.15) is 0 Å². The summed E-state index contributed by atoms with van der Waals surface area (Å²) in [6.07, 6.45) is 5.23. The van der Waals surface area contributed by atoms with E-state index in [1.54, 1.807) is 18.2 Å². The maximum atomic E-state index is 13.3. The lowest BCUT2D eigenvalue weighted by atomic mass is 9.83. The van der Waals surface area contributed by atoms with Gasteiger partial charge in [-0.25, -0.2) is 18.1 Å². The Hall–Kier alpha value is -2.23. The van der Waals surface area contributed by atoms with Crippen LogP contribution < -0.4 is 14.9 Å². The first-order valence-electron chi connectivity index (χ1n) is 12.7. The molecule has 8 nitrogen and oxygen atoms in total. The van der Waals surface area contributed by atoms with Gasteiger partial charge in [-0.3, -0.25) is 4.79 Å². The first kappa shape index (κ1) is 23.2. The summed E-state index contributed by atoms with van der Waals surface area (Å²) < 4.78 is 29.4. The number of nitrogens with one attached hydrogen (secondary N) is 2. The van der Waals surface area contributed by atoms with Gasteiger partial charge in [0.25, 0.3) is 0 Å². The number of amides is 1. The van der Waals surface area contributed by atoms with Crippen LogP contribution in [-0.2, 0) is 14.8 Å². The molecule has 0 bridgehead atoms. The van der Waals surface area contributed by atoms with Crippen molar-refractivity contribution in [2.24, 2.45) is 17.3 Å². The number of piperidine rings is 1. The summed E-state index contributed by atoms with van der Waals surface area (Å²) in [5, 5.41) is 14.3. The van der Waals surface area contributed by atoms with Gasteiger partial charge in [0.2, 0.25) is 15.9 Å². The third kappa shape index (κ3) is 4.21. The number of pyridine rings is 1. The monoisotopic (exact) mass is 498 g/mol. The molecule has 3 aliphatic carbocycles. The minimum Gasteiger partial charge on any atom is -0.390 e. The van der Waals surface area contributed by atoms with Crippen molar-refractivity contribution in [2.75, 3.05) is 23.3 Å². The standard InChI is InChI=1S/C26H34N4O4S/c1-24(2,32)16-6-10-30(11-7-16)21-13-18(35(33,34)29-25(3)8-9-25)12-20-19(21)4-5-22(27-20)28-23(31)26-14-17(26)15-26/h4-5,12-13,16-17,29,32H,6-11,14-15H2,1-3H3,(H,27,28,31). The summed E-state index contributed by atoms with van der Waals surface area (Å²) in [7, 11) is -3.73. The van der Waals surface area contributed by atoms with E-state index in [0.717, 1.165) is 62.7 Å². The van der Waals surface area contributed by atoms with Crippen molar-refractivity contribution >= 4 is 38.3 Å². The van der Waals surface area contributed by atoms with Gasteiger partial charge in [-0.05, 0) is 95.4 Å². The second-order valence-corrected chi connectivity index (χ2v) is 13.7. The number of rotatable bonds is 7. The molecule has 1 saturated heterocycles. The Balaban J connectivity index is 1.36. The Morgan fingerprint density at radius 1 is 1.17 bits per heavy atom. The van der Waals surface area contributed by atoms with E-state index in [2.05, 4.69) is 19.9 Å². The lowest BCUT2D eigenvalue weighted by Gasteiger charge is -2.39. The molecule has 4 fully saturated rings. The lowest BCUT2D eigenvalue weighted by Crippen LogP contribution is -2.42. The summed E-state index contributed by atoms with van der Waals surface area (Å²) in [5.74, 6) is 1.21. The van der Waals surface area contributed by atoms with Crippen LogP contribution in [0.1, 0.15) is 59.3 Å². The number of aliphatic hydroxyl groups is 1. The predicted octanol–water partition coefficient (Wildman–Crippen LogP) is 3.40. The van der Waals surface area contributed by atoms with Gasteiger partial charge in [0, 0.05) is 29.7 Å². The van der Waals surface area contributed by atoms with Gasteiger partial charge in [-0.15, -0.1) is 0 Å². The van der Waals surface area contributed by atoms with Crippen molar-refractivity contribution in [3.63, 3.8) is 0 Å². The van der Waals surface area contributed by atoms with E-state index in [4.69, 9.17) is 0 Å². The summed E-state index contributed by atoms with van der Waals surface area (Å²) in [6.45, 7) is 7.07. The van der Waals surface area contributed by atoms with Crippen molar-refractivity contribution in [1.82, 2.24) is 9.71 Å². The van der Waals surface area contributed by atoms with Crippen LogP contribution in [0, 0.1) is 17.3 Å². The van der Waals surface area contributed by atoms with Crippen molar-refractivity contribution in [3.05, 3.63) is 24.3 Å². The molecular formula is C26H34N4O4S. The molecule has 2 aromatic rings. The third-order valence-corrected chi connectivity index (χ3v) is 10.3. The van der Waals surface area contributed by atoms with E-state index < -0.39 is 15.6 Å². The molecule has 3 N–H and O–H groups in total. The van der Waals surface area contributed by atoms with Crippen LogP contribution in [0.25, 0.3) is 10.9 Å². The van der Waals surface area contributed by atoms with Crippen LogP contribution in [0.15, 0.2) is 29.2 Å². The fourth-order valence-electron chi connectivity index (χ4n) is 5.49. The molecule has 1 aromatic heterocycles. The van der Waals surface area contributed by atoms with Gasteiger partial charge in [0.1, 0.15) is 5.82 Å². The number of carbonyl (C=O) groups excluding carboxylic acids is 1. The number of carbonyl (C=O) groups is 1. The Morgan fingerprint density at radius 2 is 1.83 bits per heavy atom. The first-order chi connectivity index (χ1) is 16.4. The van der Waals surface area contributed by atoms with Crippen molar-refractivity contribution < 1.29 is 18.3 Å². The zero-order valence-corrected chi connectivity index (χ0v) is 21.4. The SMILES string of the molecule is CC1(NS(=O)(=O)c2cc(N3CCC(C(C)(C)O)CC3)c3ccc(NC(=O)C45CC4C5)nc3c2)CC1.